The van der Waals surface area contributed by atoms with Crippen molar-refractivity contribution in [2.45, 2.75) is 44.2 Å². The third kappa shape index (κ3) is 2.98. The first-order valence-electron chi connectivity index (χ1n) is 9.02. The second-order valence-corrected chi connectivity index (χ2v) is 7.29. The lowest BCUT2D eigenvalue weighted by Crippen LogP contribution is -2.57. The van der Waals surface area contributed by atoms with Crippen LogP contribution in [0.4, 0.5) is 4.39 Å². The Morgan fingerprint density at radius 1 is 1.24 bits per heavy atom. The molecule has 5 nitrogen and oxygen atoms in total. The minimum Gasteiger partial charge on any atom is -0.494 e. The first-order chi connectivity index (χ1) is 12.1. The summed E-state index contributed by atoms with van der Waals surface area (Å²) >= 11 is 0. The lowest BCUT2D eigenvalue weighted by molar-refractivity contribution is -0.141. The average molecular weight is 346 g/mol. The van der Waals surface area contributed by atoms with E-state index in [9.17, 15) is 14.0 Å². The molecule has 3 fully saturated rings. The maximum atomic E-state index is 13.6. The zero-order valence-electron chi connectivity index (χ0n) is 14.4. The van der Waals surface area contributed by atoms with Crippen LogP contribution in [-0.2, 0) is 4.79 Å². The zero-order chi connectivity index (χ0) is 17.6. The van der Waals surface area contributed by atoms with Gasteiger partial charge in [-0.05, 0) is 49.8 Å². The SMILES string of the molecule is COc1cc(C(=O)N2CC[C@@H]3[C@H](CCC(=O)N3C3CC3)C2)ccc1F. The molecule has 1 aromatic rings. The van der Waals surface area contributed by atoms with Crippen LogP contribution in [0.2, 0.25) is 0 Å². The molecule has 2 saturated heterocycles. The summed E-state index contributed by atoms with van der Waals surface area (Å²) in [6, 6.07) is 4.95. The third-order valence-corrected chi connectivity index (χ3v) is 5.69. The van der Waals surface area contributed by atoms with E-state index in [2.05, 4.69) is 4.90 Å². The number of carbonyl (C=O) groups is 2. The molecule has 2 heterocycles. The van der Waals surface area contributed by atoms with Crippen LogP contribution in [0.5, 0.6) is 5.75 Å². The number of hydrogen-bond acceptors (Lipinski definition) is 3. The highest BCUT2D eigenvalue weighted by Gasteiger charge is 2.45. The van der Waals surface area contributed by atoms with Crippen molar-refractivity contribution in [3.8, 4) is 5.75 Å². The summed E-state index contributed by atoms with van der Waals surface area (Å²) in [5.74, 6) is 0.157. The number of piperidine rings is 2. The summed E-state index contributed by atoms with van der Waals surface area (Å²) in [6.07, 6.45) is 4.50. The molecule has 0 N–H and O–H groups in total. The predicted molar refractivity (Wildman–Crippen MR) is 89.9 cm³/mol. The van der Waals surface area contributed by atoms with Crippen LogP contribution in [0.25, 0.3) is 0 Å². The van der Waals surface area contributed by atoms with Gasteiger partial charge in [-0.25, -0.2) is 4.39 Å². The highest BCUT2D eigenvalue weighted by atomic mass is 19.1. The number of rotatable bonds is 3. The van der Waals surface area contributed by atoms with Gasteiger partial charge < -0.3 is 14.5 Å². The van der Waals surface area contributed by atoms with E-state index in [1.165, 1.54) is 25.3 Å². The van der Waals surface area contributed by atoms with E-state index in [-0.39, 0.29) is 23.6 Å². The summed E-state index contributed by atoms with van der Waals surface area (Å²) in [5, 5.41) is 0. The fourth-order valence-corrected chi connectivity index (χ4v) is 4.28. The fraction of sp³-hybridized carbons (Fsp3) is 0.579. The van der Waals surface area contributed by atoms with Crippen molar-refractivity contribution in [1.29, 1.82) is 0 Å². The Morgan fingerprint density at radius 3 is 2.76 bits per heavy atom. The van der Waals surface area contributed by atoms with Gasteiger partial charge in [0.1, 0.15) is 0 Å². The smallest absolute Gasteiger partial charge is 0.254 e. The van der Waals surface area contributed by atoms with E-state index in [1.54, 1.807) is 0 Å². The normalized spacial score (nSPS) is 26.4. The van der Waals surface area contributed by atoms with Gasteiger partial charge in [0.15, 0.2) is 11.6 Å². The van der Waals surface area contributed by atoms with E-state index < -0.39 is 5.82 Å². The molecule has 0 spiro atoms. The van der Waals surface area contributed by atoms with Crippen molar-refractivity contribution < 1.29 is 18.7 Å². The van der Waals surface area contributed by atoms with E-state index >= 15 is 0 Å². The number of halogens is 1. The van der Waals surface area contributed by atoms with Gasteiger partial charge in [-0.15, -0.1) is 0 Å². The minimum absolute atomic E-state index is 0.0870. The van der Waals surface area contributed by atoms with Crippen molar-refractivity contribution >= 4 is 11.8 Å². The Morgan fingerprint density at radius 2 is 2.04 bits per heavy atom. The third-order valence-electron chi connectivity index (χ3n) is 5.69. The van der Waals surface area contributed by atoms with Crippen molar-refractivity contribution in [2.75, 3.05) is 20.2 Å². The van der Waals surface area contributed by atoms with Gasteiger partial charge in [-0.2, -0.15) is 0 Å². The Hall–Kier alpha value is -2.11. The van der Waals surface area contributed by atoms with Crippen LogP contribution < -0.4 is 4.74 Å². The molecule has 4 rings (SSSR count). The van der Waals surface area contributed by atoms with Crippen LogP contribution in [-0.4, -0.2) is 53.9 Å². The summed E-state index contributed by atoms with van der Waals surface area (Å²) < 4.78 is 18.5. The van der Waals surface area contributed by atoms with Gasteiger partial charge in [0.25, 0.3) is 5.91 Å². The summed E-state index contributed by atoms with van der Waals surface area (Å²) in [5.41, 5.74) is 0.447. The molecule has 0 aromatic heterocycles. The number of benzene rings is 1. The number of hydrogen-bond donors (Lipinski definition) is 0. The van der Waals surface area contributed by atoms with Gasteiger partial charge >= 0.3 is 0 Å². The quantitative estimate of drug-likeness (QED) is 0.845. The number of likely N-dealkylation sites (tertiary alicyclic amines) is 2. The van der Waals surface area contributed by atoms with Gasteiger partial charge in [0, 0.05) is 37.2 Å². The molecule has 1 saturated carbocycles. The lowest BCUT2D eigenvalue weighted by Gasteiger charge is -2.47. The second kappa shape index (κ2) is 6.32. The number of amides is 2. The van der Waals surface area contributed by atoms with E-state index in [0.29, 0.717) is 37.0 Å². The Bertz CT molecular complexity index is 704. The average Bonchev–Trinajstić information content (AvgIpc) is 3.46. The molecular weight excluding hydrogens is 323 g/mol. The van der Waals surface area contributed by atoms with E-state index in [4.69, 9.17) is 4.74 Å². The molecule has 0 bridgehead atoms. The first kappa shape index (κ1) is 16.4. The number of methoxy groups -OCH3 is 1. The molecule has 0 radical (unpaired) electrons. The zero-order valence-corrected chi connectivity index (χ0v) is 14.4. The number of fused-ring (bicyclic) bond motifs is 1. The standard InChI is InChI=1S/C19H23FN2O3/c1-25-17-10-12(2-6-15(17)20)19(24)21-9-8-16-13(11-21)3-7-18(23)22(16)14-4-5-14/h2,6,10,13-14,16H,3-5,7-9,11H2,1H3/t13-,16-/m1/s1. The monoisotopic (exact) mass is 346 g/mol. The lowest BCUT2D eigenvalue weighted by atomic mass is 9.83. The summed E-state index contributed by atoms with van der Waals surface area (Å²) in [4.78, 5) is 29.0. The van der Waals surface area contributed by atoms with Crippen LogP contribution >= 0.6 is 0 Å². The van der Waals surface area contributed by atoms with Crippen molar-refractivity contribution in [3.63, 3.8) is 0 Å². The molecule has 6 heteroatoms. The first-order valence-corrected chi connectivity index (χ1v) is 9.02. The Kier molecular flexibility index (Phi) is 4.13. The summed E-state index contributed by atoms with van der Waals surface area (Å²) in [6.45, 7) is 1.30. The molecule has 2 aliphatic heterocycles. The minimum atomic E-state index is -0.469. The van der Waals surface area contributed by atoms with Crippen molar-refractivity contribution in [3.05, 3.63) is 29.6 Å². The topological polar surface area (TPSA) is 49.9 Å². The highest BCUT2D eigenvalue weighted by molar-refractivity contribution is 5.94. The Labute approximate surface area is 146 Å². The van der Waals surface area contributed by atoms with Crippen LogP contribution in [0.3, 0.4) is 0 Å². The van der Waals surface area contributed by atoms with E-state index in [1.807, 2.05) is 4.90 Å². The molecule has 1 aliphatic carbocycles. The van der Waals surface area contributed by atoms with Crippen molar-refractivity contribution in [1.82, 2.24) is 9.80 Å². The molecule has 25 heavy (non-hydrogen) atoms. The van der Waals surface area contributed by atoms with Crippen LogP contribution in [0, 0.1) is 11.7 Å². The fourth-order valence-electron chi connectivity index (χ4n) is 4.28. The molecule has 0 unspecified atom stereocenters. The molecule has 2 amide bonds. The number of nitrogens with zero attached hydrogens (tertiary/aromatic N) is 2. The van der Waals surface area contributed by atoms with Gasteiger partial charge in [-0.1, -0.05) is 0 Å². The maximum absolute atomic E-state index is 13.6. The summed E-state index contributed by atoms with van der Waals surface area (Å²) in [7, 11) is 1.39. The maximum Gasteiger partial charge on any atom is 0.254 e. The van der Waals surface area contributed by atoms with Gasteiger partial charge in [0.2, 0.25) is 5.91 Å². The predicted octanol–water partition coefficient (Wildman–Crippen LogP) is 2.45. The molecule has 2 atom stereocenters. The number of ether oxygens (including phenoxy) is 1. The van der Waals surface area contributed by atoms with Gasteiger partial charge in [0.05, 0.1) is 7.11 Å². The molecule has 1 aromatic carbocycles. The Balaban J connectivity index is 1.48. The van der Waals surface area contributed by atoms with E-state index in [0.717, 1.165) is 25.7 Å². The van der Waals surface area contributed by atoms with Gasteiger partial charge in [-0.3, -0.25) is 9.59 Å². The molecular formula is C19H23FN2O3. The molecule has 3 aliphatic rings. The number of carbonyl (C=O) groups excluding carboxylic acids is 2. The largest absolute Gasteiger partial charge is 0.494 e. The second-order valence-electron chi connectivity index (χ2n) is 7.29. The van der Waals surface area contributed by atoms with Crippen molar-refractivity contribution in [2.24, 2.45) is 5.92 Å². The van der Waals surface area contributed by atoms with Crippen LogP contribution in [0.1, 0.15) is 42.5 Å². The highest BCUT2D eigenvalue weighted by Crippen LogP contribution is 2.39. The molecule has 134 valence electrons. The van der Waals surface area contributed by atoms with Crippen LogP contribution in [0.15, 0.2) is 18.2 Å².